The van der Waals surface area contributed by atoms with Crippen molar-refractivity contribution in [2.24, 2.45) is 0 Å². The summed E-state index contributed by atoms with van der Waals surface area (Å²) in [6, 6.07) is 0. The van der Waals surface area contributed by atoms with Crippen LogP contribution in [0.3, 0.4) is 0 Å². The third kappa shape index (κ3) is 3.38. The number of hydrogen-bond donors (Lipinski definition) is 1. The molecule has 0 fully saturated rings. The van der Waals surface area contributed by atoms with Crippen LogP contribution in [0.4, 0.5) is 10.3 Å². The summed E-state index contributed by atoms with van der Waals surface area (Å²) in [5.74, 6) is -0.384. The van der Waals surface area contributed by atoms with Gasteiger partial charge in [-0.3, -0.25) is 9.18 Å². The molecule has 0 saturated carbocycles. The van der Waals surface area contributed by atoms with Crippen LogP contribution in [-0.4, -0.2) is 34.0 Å². The number of ether oxygens (including phenoxy) is 1. The Bertz CT molecular complexity index is 302. The minimum absolute atomic E-state index is 0.0590. The molecule has 0 amide bonds. The smallest absolute Gasteiger partial charge is 0.327 e. The fourth-order valence-corrected chi connectivity index (χ4v) is 0.804. The topological polar surface area (TPSA) is 83.0 Å². The van der Waals surface area contributed by atoms with E-state index in [-0.39, 0.29) is 25.5 Å². The summed E-state index contributed by atoms with van der Waals surface area (Å²) in [6.45, 7) is -0.473. The third-order valence-electron chi connectivity index (χ3n) is 1.39. The van der Waals surface area contributed by atoms with Crippen LogP contribution >= 0.6 is 0 Å². The molecule has 1 heterocycles. The van der Waals surface area contributed by atoms with Gasteiger partial charge in [0, 0.05) is 6.42 Å². The summed E-state index contributed by atoms with van der Waals surface area (Å²) < 4.78 is 17.6. The van der Waals surface area contributed by atoms with E-state index in [4.69, 9.17) is 5.73 Å². The Morgan fingerprint density at radius 3 is 3.07 bits per heavy atom. The standard InChI is InChI=1S/C7H11FN4O2/c8-2-1-3-14-6(13)4-12-5-10-7(9)11-12/h5H,1-4H2,(H2,9,11). The van der Waals surface area contributed by atoms with Crippen LogP contribution in [0.5, 0.6) is 0 Å². The third-order valence-corrected chi connectivity index (χ3v) is 1.39. The molecule has 1 rings (SSSR count). The molecule has 0 spiro atoms. The Labute approximate surface area is 79.9 Å². The number of aromatic nitrogens is 3. The molecule has 0 unspecified atom stereocenters. The second-order valence-electron chi connectivity index (χ2n) is 2.56. The van der Waals surface area contributed by atoms with Gasteiger partial charge in [0.05, 0.1) is 13.3 Å². The van der Waals surface area contributed by atoms with E-state index in [0.717, 1.165) is 0 Å². The van der Waals surface area contributed by atoms with Gasteiger partial charge in [0.25, 0.3) is 0 Å². The van der Waals surface area contributed by atoms with Crippen molar-refractivity contribution in [1.29, 1.82) is 0 Å². The first-order chi connectivity index (χ1) is 6.72. The van der Waals surface area contributed by atoms with Crippen LogP contribution in [0.15, 0.2) is 6.33 Å². The Morgan fingerprint density at radius 1 is 1.71 bits per heavy atom. The Morgan fingerprint density at radius 2 is 2.50 bits per heavy atom. The van der Waals surface area contributed by atoms with Gasteiger partial charge in [-0.15, -0.1) is 5.10 Å². The number of anilines is 1. The van der Waals surface area contributed by atoms with Gasteiger partial charge < -0.3 is 10.5 Å². The molecule has 0 atom stereocenters. The number of nitrogens with zero attached hydrogens (tertiary/aromatic N) is 3. The number of nitrogen functional groups attached to an aromatic ring is 1. The zero-order valence-electron chi connectivity index (χ0n) is 7.52. The summed E-state index contributed by atoms with van der Waals surface area (Å²) in [7, 11) is 0. The second kappa shape index (κ2) is 5.15. The zero-order chi connectivity index (χ0) is 10.4. The Hall–Kier alpha value is -1.66. The van der Waals surface area contributed by atoms with Gasteiger partial charge >= 0.3 is 5.97 Å². The van der Waals surface area contributed by atoms with E-state index in [1.54, 1.807) is 0 Å². The molecule has 1 aromatic rings. The SMILES string of the molecule is Nc1ncn(CC(=O)OCCCF)n1. The Balaban J connectivity index is 2.27. The number of alkyl halides is 1. The van der Waals surface area contributed by atoms with Crippen LogP contribution in [0.1, 0.15) is 6.42 Å². The van der Waals surface area contributed by atoms with Gasteiger partial charge in [0.2, 0.25) is 5.95 Å². The molecule has 0 aliphatic rings. The first kappa shape index (κ1) is 10.4. The van der Waals surface area contributed by atoms with Crippen LogP contribution < -0.4 is 5.73 Å². The lowest BCUT2D eigenvalue weighted by Gasteiger charge is -2.02. The summed E-state index contributed by atoms with van der Waals surface area (Å²) in [6.07, 6.45) is 1.54. The second-order valence-corrected chi connectivity index (χ2v) is 2.56. The van der Waals surface area contributed by atoms with Crippen molar-refractivity contribution in [3.63, 3.8) is 0 Å². The van der Waals surface area contributed by atoms with Crippen molar-refractivity contribution >= 4 is 11.9 Å². The van der Waals surface area contributed by atoms with Crippen molar-refractivity contribution in [1.82, 2.24) is 14.8 Å². The molecule has 14 heavy (non-hydrogen) atoms. The molecular weight excluding hydrogens is 191 g/mol. The minimum Gasteiger partial charge on any atom is -0.464 e. The molecule has 2 N–H and O–H groups in total. The maximum Gasteiger partial charge on any atom is 0.327 e. The summed E-state index contributed by atoms with van der Waals surface area (Å²) in [4.78, 5) is 14.7. The molecule has 0 saturated heterocycles. The molecule has 7 heteroatoms. The normalized spacial score (nSPS) is 10.1. The van der Waals surface area contributed by atoms with Gasteiger partial charge in [-0.25, -0.2) is 9.67 Å². The van der Waals surface area contributed by atoms with Crippen molar-refractivity contribution in [3.05, 3.63) is 6.33 Å². The number of rotatable bonds is 5. The quantitative estimate of drug-likeness (QED) is 0.526. The maximum atomic E-state index is 11.6. The molecule has 1 aromatic heterocycles. The number of nitrogens with two attached hydrogens (primary N) is 1. The van der Waals surface area contributed by atoms with Crippen LogP contribution in [-0.2, 0) is 16.1 Å². The first-order valence-electron chi connectivity index (χ1n) is 4.09. The first-order valence-corrected chi connectivity index (χ1v) is 4.09. The van der Waals surface area contributed by atoms with Crippen molar-refractivity contribution < 1.29 is 13.9 Å². The fourth-order valence-electron chi connectivity index (χ4n) is 0.804. The van der Waals surface area contributed by atoms with E-state index in [2.05, 4.69) is 14.8 Å². The van der Waals surface area contributed by atoms with E-state index in [0.29, 0.717) is 0 Å². The lowest BCUT2D eigenvalue weighted by atomic mass is 10.5. The van der Waals surface area contributed by atoms with Crippen LogP contribution in [0, 0.1) is 0 Å². The van der Waals surface area contributed by atoms with Crippen LogP contribution in [0.25, 0.3) is 0 Å². The van der Waals surface area contributed by atoms with Crippen LogP contribution in [0.2, 0.25) is 0 Å². The lowest BCUT2D eigenvalue weighted by Crippen LogP contribution is -2.15. The van der Waals surface area contributed by atoms with Gasteiger partial charge in [0.1, 0.15) is 12.9 Å². The lowest BCUT2D eigenvalue weighted by molar-refractivity contribution is -0.144. The number of carbonyl (C=O) groups is 1. The highest BCUT2D eigenvalue weighted by Crippen LogP contribution is 1.92. The average molecular weight is 202 g/mol. The Kier molecular flexibility index (Phi) is 3.84. The van der Waals surface area contributed by atoms with Gasteiger partial charge in [-0.05, 0) is 0 Å². The largest absolute Gasteiger partial charge is 0.464 e. The van der Waals surface area contributed by atoms with E-state index in [1.165, 1.54) is 11.0 Å². The molecule has 0 bridgehead atoms. The number of hydrogen-bond acceptors (Lipinski definition) is 5. The monoisotopic (exact) mass is 202 g/mol. The highest BCUT2D eigenvalue weighted by Gasteiger charge is 2.05. The highest BCUT2D eigenvalue weighted by molar-refractivity contribution is 5.68. The highest BCUT2D eigenvalue weighted by atomic mass is 19.1. The molecular formula is C7H11FN4O2. The molecule has 0 aromatic carbocycles. The predicted octanol–water partition coefficient (Wildman–Crippen LogP) is -0.237. The van der Waals surface area contributed by atoms with Crippen molar-refractivity contribution in [3.8, 4) is 0 Å². The number of carbonyl (C=O) groups excluding carboxylic acids is 1. The number of halogens is 1. The maximum absolute atomic E-state index is 11.6. The molecule has 0 aliphatic carbocycles. The van der Waals surface area contributed by atoms with Gasteiger partial charge in [-0.2, -0.15) is 0 Å². The molecule has 0 radical (unpaired) electrons. The number of esters is 1. The predicted molar refractivity (Wildman–Crippen MR) is 46.0 cm³/mol. The van der Waals surface area contributed by atoms with Gasteiger partial charge in [0.15, 0.2) is 0 Å². The van der Waals surface area contributed by atoms with E-state index in [1.807, 2.05) is 0 Å². The summed E-state index contributed by atoms with van der Waals surface area (Å²) in [5.41, 5.74) is 5.23. The van der Waals surface area contributed by atoms with Gasteiger partial charge in [-0.1, -0.05) is 0 Å². The summed E-state index contributed by atoms with van der Waals surface area (Å²) >= 11 is 0. The van der Waals surface area contributed by atoms with E-state index >= 15 is 0 Å². The minimum atomic E-state index is -0.496. The zero-order valence-corrected chi connectivity index (χ0v) is 7.52. The van der Waals surface area contributed by atoms with Crippen molar-refractivity contribution in [2.75, 3.05) is 19.0 Å². The van der Waals surface area contributed by atoms with E-state index < -0.39 is 12.6 Å². The molecule has 6 nitrogen and oxygen atoms in total. The molecule has 78 valence electrons. The fraction of sp³-hybridized carbons (Fsp3) is 0.571. The molecule has 0 aliphatic heterocycles. The van der Waals surface area contributed by atoms with Crippen molar-refractivity contribution in [2.45, 2.75) is 13.0 Å². The average Bonchev–Trinajstić information content (AvgIpc) is 2.52. The van der Waals surface area contributed by atoms with E-state index in [9.17, 15) is 9.18 Å². The summed E-state index contributed by atoms with van der Waals surface area (Å²) in [5, 5.41) is 3.69.